The maximum absolute atomic E-state index is 11.4. The minimum Gasteiger partial charge on any atom is -0.271 e. The van der Waals surface area contributed by atoms with E-state index in [0.29, 0.717) is 5.69 Å². The number of nitrogens with one attached hydrogen (secondary N) is 1. The Bertz CT molecular complexity index is 638. The topological polar surface area (TPSA) is 103 Å². The fourth-order valence-corrected chi connectivity index (χ4v) is 2.64. The molecule has 0 bridgehead atoms. The first-order valence-corrected chi connectivity index (χ1v) is 7.67. The van der Waals surface area contributed by atoms with E-state index in [0.717, 1.165) is 11.9 Å². The van der Waals surface area contributed by atoms with Crippen molar-refractivity contribution in [2.45, 2.75) is 6.04 Å². The number of benzene rings is 1. The van der Waals surface area contributed by atoms with Crippen LogP contribution in [0.3, 0.4) is 0 Å². The summed E-state index contributed by atoms with van der Waals surface area (Å²) >= 11 is 0. The zero-order chi connectivity index (χ0) is 13.9. The summed E-state index contributed by atoms with van der Waals surface area (Å²) in [6.07, 6.45) is 2.66. The van der Waals surface area contributed by atoms with Crippen LogP contribution < -0.4 is 11.3 Å². The molecule has 1 unspecified atom stereocenters. The van der Waals surface area contributed by atoms with E-state index in [2.05, 4.69) is 15.7 Å². The highest BCUT2D eigenvalue weighted by molar-refractivity contribution is 7.90. The van der Waals surface area contributed by atoms with Gasteiger partial charge in [-0.1, -0.05) is 23.4 Å². The highest BCUT2D eigenvalue weighted by Crippen LogP contribution is 2.16. The molecule has 0 spiro atoms. The Hall–Kier alpha value is -1.77. The normalized spacial score (nSPS) is 13.4. The number of sulfone groups is 1. The molecule has 0 amide bonds. The van der Waals surface area contributed by atoms with Crippen LogP contribution in [0.5, 0.6) is 0 Å². The smallest absolute Gasteiger partial charge is 0.149 e. The summed E-state index contributed by atoms with van der Waals surface area (Å²) in [5.41, 5.74) is 3.88. The molecule has 3 N–H and O–H groups in total. The lowest BCUT2D eigenvalue weighted by Crippen LogP contribution is -2.34. The number of hydrazine groups is 1. The molecular weight excluding hydrogens is 266 g/mol. The Morgan fingerprint density at radius 1 is 1.37 bits per heavy atom. The quantitative estimate of drug-likeness (QED) is 0.582. The van der Waals surface area contributed by atoms with E-state index in [1.807, 2.05) is 30.3 Å². The van der Waals surface area contributed by atoms with Gasteiger partial charge < -0.3 is 0 Å². The van der Waals surface area contributed by atoms with Crippen LogP contribution in [0.15, 0.2) is 36.5 Å². The predicted octanol–water partition coefficient (Wildman–Crippen LogP) is -0.184. The first-order valence-electron chi connectivity index (χ1n) is 5.61. The van der Waals surface area contributed by atoms with Crippen LogP contribution in [0, 0.1) is 0 Å². The molecule has 0 aliphatic heterocycles. The van der Waals surface area contributed by atoms with Crippen molar-refractivity contribution < 1.29 is 8.42 Å². The van der Waals surface area contributed by atoms with Gasteiger partial charge in [0.15, 0.2) is 0 Å². The van der Waals surface area contributed by atoms with E-state index in [9.17, 15) is 8.42 Å². The summed E-state index contributed by atoms with van der Waals surface area (Å²) in [5, 5.41) is 7.78. The van der Waals surface area contributed by atoms with Gasteiger partial charge in [0.05, 0.1) is 29.4 Å². The maximum atomic E-state index is 11.4. The van der Waals surface area contributed by atoms with Crippen molar-refractivity contribution in [3.8, 4) is 5.69 Å². The van der Waals surface area contributed by atoms with E-state index >= 15 is 0 Å². The first kappa shape index (κ1) is 13.7. The van der Waals surface area contributed by atoms with Gasteiger partial charge in [0.2, 0.25) is 0 Å². The molecule has 0 saturated heterocycles. The van der Waals surface area contributed by atoms with Crippen molar-refractivity contribution in [2.24, 2.45) is 5.84 Å². The zero-order valence-corrected chi connectivity index (χ0v) is 11.2. The number of nitrogens with zero attached hydrogens (tertiary/aromatic N) is 3. The average molecular weight is 281 g/mol. The molecule has 102 valence electrons. The third kappa shape index (κ3) is 3.37. The molecule has 0 fully saturated rings. The molecule has 2 aromatic rings. The predicted molar refractivity (Wildman–Crippen MR) is 71.1 cm³/mol. The summed E-state index contributed by atoms with van der Waals surface area (Å²) in [5.74, 6) is 5.31. The van der Waals surface area contributed by atoms with Crippen molar-refractivity contribution in [2.75, 3.05) is 12.0 Å². The van der Waals surface area contributed by atoms with Crippen LogP contribution >= 0.6 is 0 Å². The van der Waals surface area contributed by atoms with Crippen LogP contribution in [-0.4, -0.2) is 35.4 Å². The molecule has 0 saturated carbocycles. The number of aromatic nitrogens is 3. The molecule has 0 aliphatic carbocycles. The molecule has 19 heavy (non-hydrogen) atoms. The third-order valence-electron chi connectivity index (χ3n) is 2.60. The first-order chi connectivity index (χ1) is 9.01. The average Bonchev–Trinajstić information content (AvgIpc) is 2.85. The molecule has 8 heteroatoms. The number of para-hydroxylation sites is 1. The summed E-state index contributed by atoms with van der Waals surface area (Å²) < 4.78 is 24.4. The monoisotopic (exact) mass is 281 g/mol. The third-order valence-corrected chi connectivity index (χ3v) is 3.54. The SMILES string of the molecule is CS(=O)(=O)CC(NN)c1cnnn1-c1ccccc1. The van der Waals surface area contributed by atoms with Gasteiger partial charge in [0.25, 0.3) is 0 Å². The molecule has 1 aromatic carbocycles. The minimum absolute atomic E-state index is 0.121. The summed E-state index contributed by atoms with van der Waals surface area (Å²) in [6, 6.07) is 8.75. The van der Waals surface area contributed by atoms with Crippen molar-refractivity contribution in [3.05, 3.63) is 42.2 Å². The Labute approximate surface area is 111 Å². The van der Waals surface area contributed by atoms with Gasteiger partial charge in [-0.2, -0.15) is 0 Å². The van der Waals surface area contributed by atoms with E-state index in [1.165, 1.54) is 6.20 Å². The van der Waals surface area contributed by atoms with Gasteiger partial charge in [-0.15, -0.1) is 5.10 Å². The summed E-state index contributed by atoms with van der Waals surface area (Å²) in [6.45, 7) is 0. The Morgan fingerprint density at radius 3 is 2.63 bits per heavy atom. The van der Waals surface area contributed by atoms with Crippen LogP contribution in [0.25, 0.3) is 5.69 Å². The van der Waals surface area contributed by atoms with E-state index < -0.39 is 15.9 Å². The van der Waals surface area contributed by atoms with E-state index in [1.54, 1.807) is 4.68 Å². The molecule has 0 radical (unpaired) electrons. The number of nitrogens with two attached hydrogens (primary N) is 1. The number of rotatable bonds is 5. The molecule has 2 rings (SSSR count). The standard InChI is InChI=1S/C11H15N5O2S/c1-19(17,18)8-10(14-12)11-7-13-15-16(11)9-5-3-2-4-6-9/h2-7,10,14H,8,12H2,1H3. The second kappa shape index (κ2) is 5.47. The lowest BCUT2D eigenvalue weighted by molar-refractivity contribution is 0.545. The van der Waals surface area contributed by atoms with Gasteiger partial charge >= 0.3 is 0 Å². The molecule has 7 nitrogen and oxygen atoms in total. The van der Waals surface area contributed by atoms with Crippen molar-refractivity contribution >= 4 is 9.84 Å². The summed E-state index contributed by atoms with van der Waals surface area (Å²) in [7, 11) is -3.17. The van der Waals surface area contributed by atoms with Gasteiger partial charge in [0, 0.05) is 6.26 Å². The molecular formula is C11H15N5O2S. The largest absolute Gasteiger partial charge is 0.271 e. The Balaban J connectivity index is 2.38. The highest BCUT2D eigenvalue weighted by Gasteiger charge is 2.21. The fraction of sp³-hybridized carbons (Fsp3) is 0.273. The second-order valence-electron chi connectivity index (χ2n) is 4.22. The number of hydrogen-bond donors (Lipinski definition) is 2. The Morgan fingerprint density at radius 2 is 2.05 bits per heavy atom. The summed E-state index contributed by atoms with van der Waals surface area (Å²) in [4.78, 5) is 0. The van der Waals surface area contributed by atoms with E-state index in [-0.39, 0.29) is 5.75 Å². The lowest BCUT2D eigenvalue weighted by Gasteiger charge is -2.15. The van der Waals surface area contributed by atoms with Crippen LogP contribution in [0.4, 0.5) is 0 Å². The van der Waals surface area contributed by atoms with Gasteiger partial charge in [0.1, 0.15) is 9.84 Å². The van der Waals surface area contributed by atoms with Gasteiger partial charge in [-0.05, 0) is 12.1 Å². The maximum Gasteiger partial charge on any atom is 0.149 e. The highest BCUT2D eigenvalue weighted by atomic mass is 32.2. The van der Waals surface area contributed by atoms with Crippen LogP contribution in [0.1, 0.15) is 11.7 Å². The molecule has 1 atom stereocenters. The zero-order valence-electron chi connectivity index (χ0n) is 10.4. The van der Waals surface area contributed by atoms with Gasteiger partial charge in [-0.3, -0.25) is 11.3 Å². The van der Waals surface area contributed by atoms with Crippen LogP contribution in [0.2, 0.25) is 0 Å². The van der Waals surface area contributed by atoms with Gasteiger partial charge in [-0.25, -0.2) is 13.1 Å². The number of hydrogen-bond acceptors (Lipinski definition) is 6. The lowest BCUT2D eigenvalue weighted by atomic mass is 10.2. The minimum atomic E-state index is -3.17. The second-order valence-corrected chi connectivity index (χ2v) is 6.40. The van der Waals surface area contributed by atoms with Crippen LogP contribution in [-0.2, 0) is 9.84 Å². The molecule has 1 heterocycles. The van der Waals surface area contributed by atoms with Crippen molar-refractivity contribution in [1.29, 1.82) is 0 Å². The fourth-order valence-electron chi connectivity index (χ4n) is 1.77. The molecule has 1 aromatic heterocycles. The Kier molecular flexibility index (Phi) is 3.93. The van der Waals surface area contributed by atoms with Crippen molar-refractivity contribution in [1.82, 2.24) is 20.4 Å². The molecule has 0 aliphatic rings. The van der Waals surface area contributed by atoms with E-state index in [4.69, 9.17) is 5.84 Å². The van der Waals surface area contributed by atoms with Crippen molar-refractivity contribution in [3.63, 3.8) is 0 Å².